The van der Waals surface area contributed by atoms with Gasteiger partial charge < -0.3 is 10.6 Å². The molecule has 0 saturated heterocycles. The van der Waals surface area contributed by atoms with Gasteiger partial charge in [0.1, 0.15) is 11.6 Å². The van der Waals surface area contributed by atoms with E-state index in [-0.39, 0.29) is 5.57 Å². The number of carbonyl (C=O) groups is 1. The number of rotatable bonds is 6. The third-order valence-electron chi connectivity index (χ3n) is 3.60. The van der Waals surface area contributed by atoms with Crippen molar-refractivity contribution < 1.29 is 4.79 Å². The van der Waals surface area contributed by atoms with Crippen molar-refractivity contribution in [3.8, 4) is 6.07 Å². The molecule has 0 aliphatic carbocycles. The van der Waals surface area contributed by atoms with Gasteiger partial charge in [-0.1, -0.05) is 47.5 Å². The van der Waals surface area contributed by atoms with Crippen LogP contribution in [0.4, 0.5) is 5.69 Å². The van der Waals surface area contributed by atoms with Crippen LogP contribution >= 0.6 is 0 Å². The third-order valence-corrected chi connectivity index (χ3v) is 3.60. The third kappa shape index (κ3) is 5.29. The van der Waals surface area contributed by atoms with Crippen LogP contribution in [-0.2, 0) is 11.2 Å². The van der Waals surface area contributed by atoms with E-state index >= 15 is 0 Å². The lowest BCUT2D eigenvalue weighted by molar-refractivity contribution is -0.112. The molecule has 0 fully saturated rings. The molecule has 2 aromatic rings. The molecule has 0 atom stereocenters. The zero-order chi connectivity index (χ0) is 17.4. The first kappa shape index (κ1) is 17.3. The van der Waals surface area contributed by atoms with E-state index in [4.69, 9.17) is 5.26 Å². The van der Waals surface area contributed by atoms with Gasteiger partial charge >= 0.3 is 0 Å². The summed E-state index contributed by atoms with van der Waals surface area (Å²) in [4.78, 5) is 12.1. The van der Waals surface area contributed by atoms with Gasteiger partial charge in [0.05, 0.1) is 0 Å². The minimum Gasteiger partial charge on any atom is -0.389 e. The van der Waals surface area contributed by atoms with Gasteiger partial charge in [-0.15, -0.1) is 0 Å². The highest BCUT2D eigenvalue weighted by molar-refractivity contribution is 6.06. The second-order valence-corrected chi connectivity index (χ2v) is 5.68. The van der Waals surface area contributed by atoms with Gasteiger partial charge in [0.25, 0.3) is 5.91 Å². The Hall–Kier alpha value is -3.06. The number of hydrogen-bond donors (Lipinski definition) is 2. The van der Waals surface area contributed by atoms with E-state index in [1.54, 1.807) is 0 Å². The van der Waals surface area contributed by atoms with Gasteiger partial charge in [-0.2, -0.15) is 5.26 Å². The van der Waals surface area contributed by atoms with Crippen LogP contribution in [-0.4, -0.2) is 12.5 Å². The smallest absolute Gasteiger partial charge is 0.267 e. The van der Waals surface area contributed by atoms with Gasteiger partial charge in [0.15, 0.2) is 0 Å². The van der Waals surface area contributed by atoms with Crippen molar-refractivity contribution in [2.75, 3.05) is 11.9 Å². The highest BCUT2D eigenvalue weighted by Gasteiger charge is 2.08. The topological polar surface area (TPSA) is 64.9 Å². The molecule has 0 aromatic heterocycles. The summed E-state index contributed by atoms with van der Waals surface area (Å²) in [7, 11) is 0. The van der Waals surface area contributed by atoms with E-state index in [1.165, 1.54) is 17.3 Å². The Morgan fingerprint density at radius 1 is 1.04 bits per heavy atom. The SMILES string of the molecule is Cc1ccc(CCN/C=C(/C#N)C(=O)Nc2ccc(C)cc2)cc1. The summed E-state index contributed by atoms with van der Waals surface area (Å²) in [6.07, 6.45) is 2.30. The molecule has 0 radical (unpaired) electrons. The Labute approximate surface area is 142 Å². The minimum atomic E-state index is -0.413. The Morgan fingerprint density at radius 2 is 1.62 bits per heavy atom. The zero-order valence-electron chi connectivity index (χ0n) is 14.0. The van der Waals surface area contributed by atoms with Crippen molar-refractivity contribution in [1.82, 2.24) is 5.32 Å². The molecule has 4 heteroatoms. The number of carbonyl (C=O) groups excluding carboxylic acids is 1. The van der Waals surface area contributed by atoms with E-state index in [0.29, 0.717) is 12.2 Å². The van der Waals surface area contributed by atoms with Crippen molar-refractivity contribution in [3.63, 3.8) is 0 Å². The van der Waals surface area contributed by atoms with E-state index in [9.17, 15) is 4.79 Å². The van der Waals surface area contributed by atoms with Crippen LogP contribution in [0.15, 0.2) is 60.3 Å². The largest absolute Gasteiger partial charge is 0.389 e. The van der Waals surface area contributed by atoms with Crippen LogP contribution in [0, 0.1) is 25.2 Å². The highest BCUT2D eigenvalue weighted by Crippen LogP contribution is 2.10. The number of nitriles is 1. The second kappa shape index (κ2) is 8.54. The fraction of sp³-hybridized carbons (Fsp3) is 0.200. The predicted octanol–water partition coefficient (Wildman–Crippen LogP) is 3.48. The lowest BCUT2D eigenvalue weighted by atomic mass is 10.1. The van der Waals surface area contributed by atoms with Crippen LogP contribution in [0.2, 0.25) is 0 Å². The fourth-order valence-corrected chi connectivity index (χ4v) is 2.13. The van der Waals surface area contributed by atoms with Crippen molar-refractivity contribution in [1.29, 1.82) is 5.26 Å². The van der Waals surface area contributed by atoms with Crippen molar-refractivity contribution >= 4 is 11.6 Å². The number of hydrogen-bond acceptors (Lipinski definition) is 3. The molecular weight excluding hydrogens is 298 g/mol. The van der Waals surface area contributed by atoms with E-state index in [2.05, 4.69) is 41.8 Å². The lowest BCUT2D eigenvalue weighted by Crippen LogP contribution is -2.18. The van der Waals surface area contributed by atoms with Gasteiger partial charge in [-0.05, 0) is 38.0 Å². The van der Waals surface area contributed by atoms with Crippen LogP contribution in [0.25, 0.3) is 0 Å². The van der Waals surface area contributed by atoms with Crippen LogP contribution in [0.3, 0.4) is 0 Å². The summed E-state index contributed by atoms with van der Waals surface area (Å²) in [5.74, 6) is -0.413. The standard InChI is InChI=1S/C20H21N3O/c1-15-3-7-17(8-4-15)11-12-22-14-18(13-21)20(24)23-19-9-5-16(2)6-10-19/h3-10,14,22H,11-12H2,1-2H3,(H,23,24)/b18-14-. The maximum atomic E-state index is 12.1. The predicted molar refractivity (Wildman–Crippen MR) is 96.4 cm³/mol. The van der Waals surface area contributed by atoms with Gasteiger partial charge in [-0.25, -0.2) is 0 Å². The molecule has 24 heavy (non-hydrogen) atoms. The molecule has 4 nitrogen and oxygen atoms in total. The van der Waals surface area contributed by atoms with Crippen molar-refractivity contribution in [2.45, 2.75) is 20.3 Å². The molecular formula is C20H21N3O. The zero-order valence-corrected chi connectivity index (χ0v) is 14.0. The molecule has 0 aliphatic rings. The van der Waals surface area contributed by atoms with E-state index in [0.717, 1.165) is 12.0 Å². The number of benzene rings is 2. The molecule has 0 aliphatic heterocycles. The quantitative estimate of drug-likeness (QED) is 0.487. The highest BCUT2D eigenvalue weighted by atomic mass is 16.1. The van der Waals surface area contributed by atoms with Crippen molar-refractivity contribution in [3.05, 3.63) is 77.0 Å². The van der Waals surface area contributed by atoms with Crippen LogP contribution < -0.4 is 10.6 Å². The molecule has 0 bridgehead atoms. The Balaban J connectivity index is 1.86. The molecule has 0 unspecified atom stereocenters. The minimum absolute atomic E-state index is 0.0551. The van der Waals surface area contributed by atoms with Gasteiger partial charge in [-0.3, -0.25) is 4.79 Å². The summed E-state index contributed by atoms with van der Waals surface area (Å²) < 4.78 is 0. The first-order chi connectivity index (χ1) is 11.6. The number of nitrogens with one attached hydrogen (secondary N) is 2. The first-order valence-corrected chi connectivity index (χ1v) is 7.85. The molecule has 1 amide bonds. The molecule has 0 saturated carbocycles. The number of nitrogens with zero attached hydrogens (tertiary/aromatic N) is 1. The van der Waals surface area contributed by atoms with Crippen molar-refractivity contribution in [2.24, 2.45) is 0 Å². The molecule has 0 heterocycles. The van der Waals surface area contributed by atoms with Gasteiger partial charge in [0, 0.05) is 18.4 Å². The Kier molecular flexibility index (Phi) is 6.16. The number of anilines is 1. The van der Waals surface area contributed by atoms with Gasteiger partial charge in [0.2, 0.25) is 0 Å². The summed E-state index contributed by atoms with van der Waals surface area (Å²) in [6.45, 7) is 4.69. The monoisotopic (exact) mass is 319 g/mol. The molecule has 2 N–H and O–H groups in total. The summed E-state index contributed by atoms with van der Waals surface area (Å²) >= 11 is 0. The molecule has 2 rings (SSSR count). The Morgan fingerprint density at radius 3 is 2.21 bits per heavy atom. The van der Waals surface area contributed by atoms with E-state index in [1.807, 2.05) is 37.3 Å². The molecule has 0 spiro atoms. The maximum absolute atomic E-state index is 12.1. The summed E-state index contributed by atoms with van der Waals surface area (Å²) in [5, 5.41) is 14.9. The summed E-state index contributed by atoms with van der Waals surface area (Å²) in [6, 6.07) is 17.7. The van der Waals surface area contributed by atoms with E-state index < -0.39 is 5.91 Å². The average Bonchev–Trinajstić information content (AvgIpc) is 2.58. The maximum Gasteiger partial charge on any atom is 0.267 e. The molecule has 2 aromatic carbocycles. The van der Waals surface area contributed by atoms with Crippen LogP contribution in [0.1, 0.15) is 16.7 Å². The fourth-order valence-electron chi connectivity index (χ4n) is 2.13. The number of amides is 1. The normalized spacial score (nSPS) is 10.8. The Bertz CT molecular complexity index is 753. The lowest BCUT2D eigenvalue weighted by Gasteiger charge is -2.06. The molecule has 122 valence electrons. The first-order valence-electron chi connectivity index (χ1n) is 7.85. The van der Waals surface area contributed by atoms with Crippen LogP contribution in [0.5, 0.6) is 0 Å². The summed E-state index contributed by atoms with van der Waals surface area (Å²) in [5.41, 5.74) is 4.28. The average molecular weight is 319 g/mol. The second-order valence-electron chi connectivity index (χ2n) is 5.68. The number of aryl methyl sites for hydroxylation is 2.